The van der Waals surface area contributed by atoms with E-state index >= 15 is 0 Å². The lowest BCUT2D eigenvalue weighted by molar-refractivity contribution is 0.255. The third kappa shape index (κ3) is 2.95. The first-order valence-electron chi connectivity index (χ1n) is 6.24. The van der Waals surface area contributed by atoms with Gasteiger partial charge in [-0.15, -0.1) is 0 Å². The van der Waals surface area contributed by atoms with Crippen LogP contribution in [0.15, 0.2) is 24.5 Å². The predicted molar refractivity (Wildman–Crippen MR) is 67.2 cm³/mol. The summed E-state index contributed by atoms with van der Waals surface area (Å²) in [7, 11) is 0. The van der Waals surface area contributed by atoms with Crippen molar-refractivity contribution in [1.29, 1.82) is 0 Å². The van der Waals surface area contributed by atoms with Crippen molar-refractivity contribution in [3.05, 3.63) is 24.5 Å². The molecule has 1 saturated carbocycles. The molecule has 0 saturated heterocycles. The molecule has 0 aliphatic heterocycles. The van der Waals surface area contributed by atoms with Gasteiger partial charge in [0.1, 0.15) is 0 Å². The molecular weight excluding hydrogens is 198 g/mol. The maximum atomic E-state index is 5.82. The Labute approximate surface area is 97.5 Å². The van der Waals surface area contributed by atoms with Gasteiger partial charge in [-0.25, -0.2) is 0 Å². The molecule has 2 rings (SSSR count). The summed E-state index contributed by atoms with van der Waals surface area (Å²) in [4.78, 5) is 4.01. The highest BCUT2D eigenvalue weighted by molar-refractivity contribution is 5.40. The van der Waals surface area contributed by atoms with Gasteiger partial charge in [0.05, 0.1) is 0 Å². The van der Waals surface area contributed by atoms with Crippen LogP contribution in [0.4, 0.5) is 5.69 Å². The molecule has 0 radical (unpaired) electrons. The number of rotatable bonds is 4. The molecular formula is C13H21N3. The van der Waals surface area contributed by atoms with E-state index in [1.54, 1.807) is 0 Å². The second kappa shape index (κ2) is 5.85. The molecule has 1 fully saturated rings. The van der Waals surface area contributed by atoms with E-state index in [1.807, 2.05) is 24.5 Å². The van der Waals surface area contributed by atoms with Gasteiger partial charge in [0.25, 0.3) is 0 Å². The number of nitrogens with one attached hydrogen (secondary N) is 1. The van der Waals surface area contributed by atoms with E-state index in [9.17, 15) is 0 Å². The maximum absolute atomic E-state index is 5.82. The van der Waals surface area contributed by atoms with Gasteiger partial charge in [-0.2, -0.15) is 0 Å². The lowest BCUT2D eigenvalue weighted by Crippen LogP contribution is -2.31. The van der Waals surface area contributed by atoms with Crippen molar-refractivity contribution >= 4 is 5.69 Å². The maximum Gasteiger partial charge on any atom is 0.0371 e. The summed E-state index contributed by atoms with van der Waals surface area (Å²) in [5, 5.41) is 3.48. The fourth-order valence-electron chi connectivity index (χ4n) is 2.58. The fourth-order valence-corrected chi connectivity index (χ4v) is 2.58. The molecule has 1 aromatic rings. The molecule has 2 atom stereocenters. The van der Waals surface area contributed by atoms with Gasteiger partial charge in [0, 0.05) is 24.6 Å². The smallest absolute Gasteiger partial charge is 0.0371 e. The van der Waals surface area contributed by atoms with E-state index in [-0.39, 0.29) is 0 Å². The van der Waals surface area contributed by atoms with Gasteiger partial charge < -0.3 is 11.1 Å². The van der Waals surface area contributed by atoms with Crippen molar-refractivity contribution in [2.75, 3.05) is 18.4 Å². The lowest BCUT2D eigenvalue weighted by Gasteiger charge is -2.31. The summed E-state index contributed by atoms with van der Waals surface area (Å²) in [5.41, 5.74) is 6.99. The van der Waals surface area contributed by atoms with Crippen LogP contribution in [-0.2, 0) is 0 Å². The Morgan fingerprint density at radius 3 is 2.56 bits per heavy atom. The predicted octanol–water partition coefficient (Wildman–Crippen LogP) is 2.26. The van der Waals surface area contributed by atoms with E-state index < -0.39 is 0 Å². The van der Waals surface area contributed by atoms with Crippen LogP contribution in [0.2, 0.25) is 0 Å². The van der Waals surface area contributed by atoms with Gasteiger partial charge >= 0.3 is 0 Å². The molecule has 1 aliphatic carbocycles. The van der Waals surface area contributed by atoms with Gasteiger partial charge in [-0.1, -0.05) is 12.8 Å². The average molecular weight is 219 g/mol. The van der Waals surface area contributed by atoms with Gasteiger partial charge in [-0.3, -0.25) is 4.98 Å². The van der Waals surface area contributed by atoms with Gasteiger partial charge in [0.2, 0.25) is 0 Å². The van der Waals surface area contributed by atoms with Crippen LogP contribution in [-0.4, -0.2) is 18.1 Å². The van der Waals surface area contributed by atoms with E-state index in [0.717, 1.165) is 24.7 Å². The Morgan fingerprint density at radius 2 is 1.88 bits per heavy atom. The Bertz CT molecular complexity index is 299. The van der Waals surface area contributed by atoms with Crippen LogP contribution in [0, 0.1) is 11.8 Å². The van der Waals surface area contributed by atoms with Crippen LogP contribution < -0.4 is 11.1 Å². The third-order valence-corrected chi connectivity index (χ3v) is 3.62. The number of hydrogen-bond donors (Lipinski definition) is 2. The Balaban J connectivity index is 1.84. The number of anilines is 1. The number of aromatic nitrogens is 1. The van der Waals surface area contributed by atoms with E-state index in [0.29, 0.717) is 5.92 Å². The largest absolute Gasteiger partial charge is 0.385 e. The van der Waals surface area contributed by atoms with Gasteiger partial charge in [-0.05, 0) is 43.4 Å². The van der Waals surface area contributed by atoms with Crippen molar-refractivity contribution in [3.63, 3.8) is 0 Å². The van der Waals surface area contributed by atoms with Crippen molar-refractivity contribution < 1.29 is 0 Å². The summed E-state index contributed by atoms with van der Waals surface area (Å²) < 4.78 is 0. The summed E-state index contributed by atoms with van der Waals surface area (Å²) >= 11 is 0. The normalized spacial score (nSPS) is 25.3. The average Bonchev–Trinajstić information content (AvgIpc) is 2.38. The molecule has 1 heterocycles. The summed E-state index contributed by atoms with van der Waals surface area (Å²) in [6.45, 7) is 1.88. The summed E-state index contributed by atoms with van der Waals surface area (Å²) in [6.07, 6.45) is 8.99. The SMILES string of the molecule is NCC1CCCCC1CNc1ccncc1. The van der Waals surface area contributed by atoms with Crippen molar-refractivity contribution in [2.45, 2.75) is 25.7 Å². The first-order valence-corrected chi connectivity index (χ1v) is 6.24. The zero-order valence-electron chi connectivity index (χ0n) is 9.73. The molecule has 1 aromatic heterocycles. The Morgan fingerprint density at radius 1 is 1.19 bits per heavy atom. The molecule has 0 aromatic carbocycles. The lowest BCUT2D eigenvalue weighted by atomic mass is 9.79. The van der Waals surface area contributed by atoms with Crippen molar-refractivity contribution in [1.82, 2.24) is 4.98 Å². The highest BCUT2D eigenvalue weighted by atomic mass is 14.9. The molecule has 3 heteroatoms. The van der Waals surface area contributed by atoms with Crippen LogP contribution in [0.1, 0.15) is 25.7 Å². The third-order valence-electron chi connectivity index (χ3n) is 3.62. The van der Waals surface area contributed by atoms with E-state index in [2.05, 4.69) is 10.3 Å². The Kier molecular flexibility index (Phi) is 4.17. The highest BCUT2D eigenvalue weighted by Gasteiger charge is 2.23. The quantitative estimate of drug-likeness (QED) is 0.816. The van der Waals surface area contributed by atoms with Crippen molar-refractivity contribution in [2.24, 2.45) is 17.6 Å². The molecule has 3 N–H and O–H groups in total. The molecule has 88 valence electrons. The topological polar surface area (TPSA) is 50.9 Å². The molecule has 1 aliphatic rings. The second-order valence-electron chi connectivity index (χ2n) is 4.66. The second-order valence-corrected chi connectivity index (χ2v) is 4.66. The monoisotopic (exact) mass is 219 g/mol. The molecule has 0 bridgehead atoms. The first-order chi connectivity index (χ1) is 7.90. The Hall–Kier alpha value is -1.09. The highest BCUT2D eigenvalue weighted by Crippen LogP contribution is 2.29. The molecule has 2 unspecified atom stereocenters. The van der Waals surface area contributed by atoms with Crippen LogP contribution in [0.5, 0.6) is 0 Å². The number of hydrogen-bond acceptors (Lipinski definition) is 3. The fraction of sp³-hybridized carbons (Fsp3) is 0.615. The summed E-state index contributed by atoms with van der Waals surface area (Å²) in [5.74, 6) is 1.45. The van der Waals surface area contributed by atoms with Crippen molar-refractivity contribution in [3.8, 4) is 0 Å². The van der Waals surface area contributed by atoms with Crippen LogP contribution in [0.3, 0.4) is 0 Å². The van der Waals surface area contributed by atoms with Crippen LogP contribution in [0.25, 0.3) is 0 Å². The van der Waals surface area contributed by atoms with E-state index in [1.165, 1.54) is 25.7 Å². The number of pyridine rings is 1. The van der Waals surface area contributed by atoms with Gasteiger partial charge in [0.15, 0.2) is 0 Å². The zero-order valence-corrected chi connectivity index (χ0v) is 9.73. The van der Waals surface area contributed by atoms with Crippen LogP contribution >= 0.6 is 0 Å². The number of nitrogens with zero attached hydrogens (tertiary/aromatic N) is 1. The molecule has 3 nitrogen and oxygen atoms in total. The molecule has 0 spiro atoms. The minimum atomic E-state index is 0.711. The number of nitrogens with two attached hydrogens (primary N) is 1. The van der Waals surface area contributed by atoms with E-state index in [4.69, 9.17) is 5.73 Å². The molecule has 0 amide bonds. The minimum absolute atomic E-state index is 0.711. The zero-order chi connectivity index (χ0) is 11.2. The standard InChI is InChI=1S/C13H21N3/c14-9-11-3-1-2-4-12(11)10-16-13-5-7-15-8-6-13/h5-8,11-12H,1-4,9-10,14H2,(H,15,16). The summed E-state index contributed by atoms with van der Waals surface area (Å²) in [6, 6.07) is 4.03. The minimum Gasteiger partial charge on any atom is -0.385 e. The first kappa shape index (κ1) is 11.4. The molecule has 16 heavy (non-hydrogen) atoms.